The fourth-order valence-corrected chi connectivity index (χ4v) is 5.28. The van der Waals surface area contributed by atoms with Crippen LogP contribution in [0.25, 0.3) is 16.9 Å². The van der Waals surface area contributed by atoms with Gasteiger partial charge in [0.1, 0.15) is 0 Å². The van der Waals surface area contributed by atoms with Gasteiger partial charge in [-0.15, -0.1) is 0 Å². The number of halogens is 3. The van der Waals surface area contributed by atoms with Gasteiger partial charge in [-0.25, -0.2) is 0 Å². The predicted molar refractivity (Wildman–Crippen MR) is 124 cm³/mol. The Balaban J connectivity index is 1.64. The molecule has 35 heavy (non-hydrogen) atoms. The van der Waals surface area contributed by atoms with Crippen LogP contribution in [0.1, 0.15) is 16.1 Å². The third-order valence-electron chi connectivity index (χ3n) is 4.92. The summed E-state index contributed by atoms with van der Waals surface area (Å²) >= 11 is -0.842. The fraction of sp³-hybridized carbons (Fsp3) is 0.227. The first kappa shape index (κ1) is 24.6. The Morgan fingerprint density at radius 1 is 1.20 bits per heavy atom. The second kappa shape index (κ2) is 10.4. The normalized spacial score (nSPS) is 11.9. The van der Waals surface area contributed by atoms with E-state index in [0.717, 1.165) is 16.2 Å². The van der Waals surface area contributed by atoms with Crippen LogP contribution in [0, 0.1) is 0 Å². The number of nitrogens with zero attached hydrogens (tertiary/aromatic N) is 6. The summed E-state index contributed by atoms with van der Waals surface area (Å²) in [7, 11) is 3.25. The molecule has 4 aromatic heterocycles. The first-order valence-corrected chi connectivity index (χ1v) is 12.2. The molecule has 4 rings (SSSR count). The number of aromatic nitrogens is 6. The average molecular weight is 546 g/mol. The van der Waals surface area contributed by atoms with Gasteiger partial charge in [-0.2, -0.15) is 0 Å². The Bertz CT molecular complexity index is 1340. The molecule has 1 radical (unpaired) electrons. The van der Waals surface area contributed by atoms with Crippen LogP contribution in [0.2, 0.25) is 0 Å². The minimum atomic E-state index is -4.54. The number of ether oxygens (including phenoxy) is 1. The Hall–Kier alpha value is -3.50. The number of hydrogen-bond donors (Lipinski definition) is 1. The van der Waals surface area contributed by atoms with Crippen LogP contribution in [-0.2, 0) is 18.0 Å². The number of rotatable bonds is 9. The first-order valence-electron chi connectivity index (χ1n) is 10.3. The summed E-state index contributed by atoms with van der Waals surface area (Å²) in [6.07, 6.45) is 1.96. The molecule has 1 N–H and O–H groups in total. The van der Waals surface area contributed by atoms with E-state index in [1.807, 2.05) is 0 Å². The summed E-state index contributed by atoms with van der Waals surface area (Å²) in [5.74, 6) is 0.417. The summed E-state index contributed by atoms with van der Waals surface area (Å²) in [5, 5.41) is 11.2. The molecule has 0 atom stereocenters. The zero-order chi connectivity index (χ0) is 25.0. The molecular weight excluding hydrogens is 526 g/mol. The predicted octanol–water partition coefficient (Wildman–Crippen LogP) is 1.61. The van der Waals surface area contributed by atoms with Gasteiger partial charge in [0.2, 0.25) is 0 Å². The van der Waals surface area contributed by atoms with Crippen LogP contribution >= 0.6 is 0 Å². The third-order valence-corrected chi connectivity index (χ3v) is 7.11. The standard InChI is InChI=1S/C22H20AsF3N7O2/c1-32-12-14(10-30-32)15-3-4-21(31-18(15)13-34)33-20(5-6-29-33)23-19-9-17(27-7-8-35-2)16(11-28-19)22(24,25)26/h3-6,9-13H,7-8H2,1-2H3,(H,27,28). The van der Waals surface area contributed by atoms with Crippen molar-refractivity contribution >= 4 is 36.7 Å². The van der Waals surface area contributed by atoms with Crippen LogP contribution < -0.4 is 14.3 Å². The molecule has 4 heterocycles. The summed E-state index contributed by atoms with van der Waals surface area (Å²) < 4.78 is 49.6. The van der Waals surface area contributed by atoms with Crippen molar-refractivity contribution in [2.75, 3.05) is 25.6 Å². The molecule has 0 fully saturated rings. The SMILES string of the molecule is COCCNc1cc([As]c2ccnn2-c2ccc(-c3cnn(C)c3)c(C=O)n2)ncc1C(F)(F)F. The molecule has 9 nitrogen and oxygen atoms in total. The minimum absolute atomic E-state index is 0.0527. The number of methoxy groups -OCH3 is 1. The van der Waals surface area contributed by atoms with Crippen molar-refractivity contribution < 1.29 is 22.7 Å². The molecule has 0 bridgehead atoms. The van der Waals surface area contributed by atoms with E-state index in [4.69, 9.17) is 4.74 Å². The Morgan fingerprint density at radius 3 is 2.71 bits per heavy atom. The molecule has 0 unspecified atom stereocenters. The molecule has 0 saturated heterocycles. The zero-order valence-electron chi connectivity index (χ0n) is 18.7. The van der Waals surface area contributed by atoms with Gasteiger partial charge >= 0.3 is 205 Å². The number of aldehydes is 1. The van der Waals surface area contributed by atoms with Crippen molar-refractivity contribution in [3.8, 4) is 16.9 Å². The summed E-state index contributed by atoms with van der Waals surface area (Å²) in [6.45, 7) is 0.481. The van der Waals surface area contributed by atoms with E-state index >= 15 is 0 Å². The van der Waals surface area contributed by atoms with E-state index in [1.54, 1.807) is 53.2 Å². The van der Waals surface area contributed by atoms with Gasteiger partial charge in [0, 0.05) is 0 Å². The van der Waals surface area contributed by atoms with Gasteiger partial charge in [0.15, 0.2) is 0 Å². The average Bonchev–Trinajstić information content (AvgIpc) is 3.47. The second-order valence-corrected chi connectivity index (χ2v) is 9.73. The molecule has 181 valence electrons. The molecule has 0 aliphatic rings. The zero-order valence-corrected chi connectivity index (χ0v) is 20.6. The number of anilines is 1. The van der Waals surface area contributed by atoms with Gasteiger partial charge in [0.25, 0.3) is 0 Å². The molecule has 0 amide bonds. The van der Waals surface area contributed by atoms with Crippen molar-refractivity contribution in [3.63, 3.8) is 0 Å². The van der Waals surface area contributed by atoms with Crippen LogP contribution in [0.15, 0.2) is 49.1 Å². The topological polar surface area (TPSA) is 99.8 Å². The molecular formula is C22H20AsF3N7O2. The van der Waals surface area contributed by atoms with E-state index in [-0.39, 0.29) is 24.5 Å². The molecule has 0 aliphatic heterocycles. The van der Waals surface area contributed by atoms with E-state index in [2.05, 4.69) is 25.5 Å². The van der Waals surface area contributed by atoms with Gasteiger partial charge in [-0.1, -0.05) is 0 Å². The van der Waals surface area contributed by atoms with Gasteiger partial charge in [0.05, 0.1) is 0 Å². The van der Waals surface area contributed by atoms with Crippen molar-refractivity contribution in [2.24, 2.45) is 7.05 Å². The fourth-order valence-electron chi connectivity index (χ4n) is 3.32. The number of carbonyl (C=O) groups excluding carboxylic acids is 1. The Morgan fingerprint density at radius 2 is 2.03 bits per heavy atom. The molecule has 0 spiro atoms. The Kier molecular flexibility index (Phi) is 7.32. The second-order valence-electron chi connectivity index (χ2n) is 7.34. The van der Waals surface area contributed by atoms with Crippen LogP contribution in [0.5, 0.6) is 0 Å². The summed E-state index contributed by atoms with van der Waals surface area (Å²) in [5.41, 5.74) is 0.724. The monoisotopic (exact) mass is 546 g/mol. The maximum absolute atomic E-state index is 13.4. The Labute approximate surface area is 205 Å². The van der Waals surface area contributed by atoms with E-state index in [9.17, 15) is 18.0 Å². The number of aryl methyl sites for hydroxylation is 1. The molecule has 0 saturated carbocycles. The third kappa shape index (κ3) is 5.60. The quantitative estimate of drug-likeness (QED) is 0.194. The van der Waals surface area contributed by atoms with Crippen LogP contribution in [0.4, 0.5) is 18.9 Å². The van der Waals surface area contributed by atoms with Crippen molar-refractivity contribution in [1.82, 2.24) is 29.5 Å². The molecule has 0 aromatic carbocycles. The van der Waals surface area contributed by atoms with Gasteiger partial charge in [-0.05, 0) is 0 Å². The number of pyridine rings is 2. The molecule has 13 heteroatoms. The number of hydrogen-bond acceptors (Lipinski definition) is 7. The number of alkyl halides is 3. The van der Waals surface area contributed by atoms with Crippen molar-refractivity contribution in [3.05, 3.63) is 60.3 Å². The summed E-state index contributed by atoms with van der Waals surface area (Å²) in [6, 6.07) is 6.66. The van der Waals surface area contributed by atoms with Gasteiger partial charge in [-0.3, -0.25) is 0 Å². The van der Waals surface area contributed by atoms with E-state index < -0.39 is 27.5 Å². The first-order chi connectivity index (χ1) is 16.8. The molecule has 0 aliphatic carbocycles. The summed E-state index contributed by atoms with van der Waals surface area (Å²) in [4.78, 5) is 20.2. The molecule has 4 aromatic rings. The van der Waals surface area contributed by atoms with E-state index in [1.165, 1.54) is 13.2 Å². The number of carbonyl (C=O) groups is 1. The van der Waals surface area contributed by atoms with Crippen molar-refractivity contribution in [2.45, 2.75) is 6.18 Å². The maximum atomic E-state index is 13.4. The van der Waals surface area contributed by atoms with Crippen molar-refractivity contribution in [1.29, 1.82) is 0 Å². The van der Waals surface area contributed by atoms with Gasteiger partial charge < -0.3 is 0 Å². The van der Waals surface area contributed by atoms with E-state index in [0.29, 0.717) is 22.1 Å². The number of nitrogens with one attached hydrogen (secondary N) is 1. The van der Waals surface area contributed by atoms with Crippen LogP contribution in [-0.4, -0.2) is 71.8 Å². The van der Waals surface area contributed by atoms with Crippen LogP contribution in [0.3, 0.4) is 0 Å².